The zero-order valence-corrected chi connectivity index (χ0v) is 20.3. The summed E-state index contributed by atoms with van der Waals surface area (Å²) < 4.78 is 28.8. The standard InChI is InChI=1S/C28H29FN4O3/c1-3-7-25(30-20(2)36-24-8-5-4-6-9-24)27-26(21-10-12-22(29)13-11-21)28(34)33-19-23(18-32(27)33)31-14-16-35-17-15-31/h3-13,23H,2,14-19H2,1H3/b7-3-,30-25+. The molecule has 2 aromatic carbocycles. The first kappa shape index (κ1) is 24.0. The lowest BCUT2D eigenvalue weighted by Crippen LogP contribution is -2.45. The zero-order chi connectivity index (χ0) is 25.1. The van der Waals surface area contributed by atoms with Crippen LogP contribution in [0.2, 0.25) is 0 Å². The molecule has 1 atom stereocenters. The van der Waals surface area contributed by atoms with Gasteiger partial charge in [0.25, 0.3) is 5.56 Å². The molecule has 186 valence electrons. The molecule has 0 radical (unpaired) electrons. The topological polar surface area (TPSA) is 61.0 Å². The number of benzene rings is 2. The number of morpholine rings is 1. The number of nitrogens with zero attached hydrogens (tertiary/aromatic N) is 4. The van der Waals surface area contributed by atoms with E-state index in [4.69, 9.17) is 14.5 Å². The van der Waals surface area contributed by atoms with E-state index in [1.807, 2.05) is 54.1 Å². The molecule has 7 nitrogen and oxygen atoms in total. The summed E-state index contributed by atoms with van der Waals surface area (Å²) in [5, 5.41) is 0. The van der Waals surface area contributed by atoms with Crippen molar-refractivity contribution in [3.8, 4) is 16.9 Å². The summed E-state index contributed by atoms with van der Waals surface area (Å²) in [6.45, 7) is 10.1. The Morgan fingerprint density at radius 1 is 1.08 bits per heavy atom. The maximum atomic E-state index is 13.8. The average Bonchev–Trinajstić information content (AvgIpc) is 3.44. The summed E-state index contributed by atoms with van der Waals surface area (Å²) in [4.78, 5) is 20.8. The molecule has 5 rings (SSSR count). The molecule has 1 fully saturated rings. The van der Waals surface area contributed by atoms with Crippen LogP contribution < -0.4 is 10.3 Å². The van der Waals surface area contributed by atoms with Crippen molar-refractivity contribution in [2.24, 2.45) is 4.99 Å². The Morgan fingerprint density at radius 3 is 2.47 bits per heavy atom. The van der Waals surface area contributed by atoms with E-state index in [0.717, 1.165) is 13.1 Å². The van der Waals surface area contributed by atoms with Crippen LogP contribution in [0.4, 0.5) is 4.39 Å². The van der Waals surface area contributed by atoms with Crippen LogP contribution in [0.3, 0.4) is 0 Å². The summed E-state index contributed by atoms with van der Waals surface area (Å²) in [6.07, 6.45) is 3.71. The van der Waals surface area contributed by atoms with Gasteiger partial charge in [0.2, 0.25) is 5.88 Å². The van der Waals surface area contributed by atoms with Crippen LogP contribution in [0.15, 0.2) is 89.0 Å². The molecular weight excluding hydrogens is 459 g/mol. The second-order valence-electron chi connectivity index (χ2n) is 8.81. The number of allylic oxidation sites excluding steroid dienone is 2. The van der Waals surface area contributed by atoms with E-state index in [0.29, 0.717) is 54.6 Å². The summed E-state index contributed by atoms with van der Waals surface area (Å²) in [5.41, 5.74) is 2.22. The Hall–Kier alpha value is -3.75. The Balaban J connectivity index is 1.59. The van der Waals surface area contributed by atoms with Gasteiger partial charge in [0.1, 0.15) is 11.6 Å². The largest absolute Gasteiger partial charge is 0.440 e. The fourth-order valence-corrected chi connectivity index (χ4v) is 4.84. The van der Waals surface area contributed by atoms with E-state index < -0.39 is 0 Å². The highest BCUT2D eigenvalue weighted by atomic mass is 19.1. The van der Waals surface area contributed by atoms with Gasteiger partial charge in [-0.1, -0.05) is 36.4 Å². The smallest absolute Gasteiger partial charge is 0.275 e. The first-order valence-electron chi connectivity index (χ1n) is 12.1. The van der Waals surface area contributed by atoms with Gasteiger partial charge in [0, 0.05) is 19.1 Å². The number of halogens is 1. The van der Waals surface area contributed by atoms with Crippen molar-refractivity contribution < 1.29 is 13.9 Å². The molecule has 8 heteroatoms. The molecule has 0 saturated carbocycles. The number of fused-ring (bicyclic) bond motifs is 1. The average molecular weight is 489 g/mol. The SMILES string of the molecule is C=C(/N=C(\C=C/C)c1c(-c2ccc(F)cc2)c(=O)n2n1CC(N1CCOCC1)C2)Oc1ccccc1. The maximum Gasteiger partial charge on any atom is 0.275 e. The second-order valence-corrected chi connectivity index (χ2v) is 8.81. The molecule has 0 spiro atoms. The fourth-order valence-electron chi connectivity index (χ4n) is 4.84. The molecular formula is C28H29FN4O3. The molecule has 0 N–H and O–H groups in total. The highest BCUT2D eigenvalue weighted by Crippen LogP contribution is 2.28. The third-order valence-electron chi connectivity index (χ3n) is 6.49. The summed E-state index contributed by atoms with van der Waals surface area (Å²) >= 11 is 0. The first-order chi connectivity index (χ1) is 17.5. The quantitative estimate of drug-likeness (QED) is 0.371. The third-order valence-corrected chi connectivity index (χ3v) is 6.49. The van der Waals surface area contributed by atoms with Gasteiger partial charge in [-0.25, -0.2) is 14.1 Å². The minimum atomic E-state index is -0.355. The lowest BCUT2D eigenvalue weighted by atomic mass is 10.0. The third kappa shape index (κ3) is 4.82. The summed E-state index contributed by atoms with van der Waals surface area (Å²) in [7, 11) is 0. The van der Waals surface area contributed by atoms with E-state index >= 15 is 0 Å². The maximum absolute atomic E-state index is 13.8. The molecule has 0 aliphatic carbocycles. The van der Waals surface area contributed by atoms with E-state index in [-0.39, 0.29) is 23.3 Å². The summed E-state index contributed by atoms with van der Waals surface area (Å²) in [6, 6.07) is 15.5. The van der Waals surface area contributed by atoms with Crippen molar-refractivity contribution in [2.75, 3.05) is 26.3 Å². The predicted octanol–water partition coefficient (Wildman–Crippen LogP) is 4.09. The molecule has 2 aliphatic rings. The van der Waals surface area contributed by atoms with E-state index in [9.17, 15) is 9.18 Å². The van der Waals surface area contributed by atoms with E-state index in [2.05, 4.69) is 11.5 Å². The van der Waals surface area contributed by atoms with Crippen molar-refractivity contribution >= 4 is 5.71 Å². The molecule has 1 aromatic heterocycles. The van der Waals surface area contributed by atoms with Gasteiger partial charge in [-0.05, 0) is 49.4 Å². The number of aromatic nitrogens is 2. The molecule has 0 amide bonds. The van der Waals surface area contributed by atoms with Crippen LogP contribution in [-0.2, 0) is 17.8 Å². The molecule has 3 aromatic rings. The predicted molar refractivity (Wildman–Crippen MR) is 138 cm³/mol. The molecule has 1 saturated heterocycles. The molecule has 1 unspecified atom stereocenters. The highest BCUT2D eigenvalue weighted by molar-refractivity contribution is 6.12. The zero-order valence-electron chi connectivity index (χ0n) is 20.3. The van der Waals surface area contributed by atoms with E-state index in [1.165, 1.54) is 12.1 Å². The van der Waals surface area contributed by atoms with Gasteiger partial charge in [-0.15, -0.1) is 0 Å². The molecule has 0 bridgehead atoms. The number of para-hydroxylation sites is 1. The lowest BCUT2D eigenvalue weighted by Gasteiger charge is -2.31. The number of hydrogen-bond donors (Lipinski definition) is 0. The molecule has 3 heterocycles. The van der Waals surface area contributed by atoms with Crippen molar-refractivity contribution in [1.82, 2.24) is 14.3 Å². The fraction of sp³-hybridized carbons (Fsp3) is 0.286. The van der Waals surface area contributed by atoms with Crippen LogP contribution >= 0.6 is 0 Å². The van der Waals surface area contributed by atoms with Crippen LogP contribution in [0.25, 0.3) is 11.1 Å². The molecule has 36 heavy (non-hydrogen) atoms. The normalized spacial score (nSPS) is 18.5. The number of hydrogen-bond acceptors (Lipinski definition) is 5. The van der Waals surface area contributed by atoms with Gasteiger partial charge in [-0.3, -0.25) is 14.4 Å². The van der Waals surface area contributed by atoms with Crippen molar-refractivity contribution in [2.45, 2.75) is 26.1 Å². The number of rotatable bonds is 7. The Morgan fingerprint density at radius 2 is 1.78 bits per heavy atom. The lowest BCUT2D eigenvalue weighted by molar-refractivity contribution is 0.0157. The van der Waals surface area contributed by atoms with Crippen molar-refractivity contribution in [3.63, 3.8) is 0 Å². The Kier molecular flexibility index (Phi) is 6.97. The van der Waals surface area contributed by atoms with E-state index in [1.54, 1.807) is 16.8 Å². The monoisotopic (exact) mass is 488 g/mol. The van der Waals surface area contributed by atoms with Crippen LogP contribution in [-0.4, -0.2) is 52.3 Å². The number of aliphatic imine (C=N–C) groups is 1. The van der Waals surface area contributed by atoms with Gasteiger partial charge >= 0.3 is 0 Å². The second kappa shape index (κ2) is 10.5. The Bertz CT molecular complexity index is 1350. The minimum Gasteiger partial charge on any atom is -0.440 e. The van der Waals surface area contributed by atoms with Crippen LogP contribution in [0.1, 0.15) is 12.6 Å². The molecule has 2 aliphatic heterocycles. The highest BCUT2D eigenvalue weighted by Gasteiger charge is 2.34. The Labute approximate surface area is 209 Å². The minimum absolute atomic E-state index is 0.126. The van der Waals surface area contributed by atoms with Crippen LogP contribution in [0.5, 0.6) is 5.75 Å². The number of ether oxygens (including phenoxy) is 2. The van der Waals surface area contributed by atoms with Gasteiger partial charge in [0.05, 0.1) is 43.3 Å². The first-order valence-corrected chi connectivity index (χ1v) is 12.1. The van der Waals surface area contributed by atoms with Crippen LogP contribution in [0, 0.1) is 5.82 Å². The summed E-state index contributed by atoms with van der Waals surface area (Å²) in [5.74, 6) is 0.470. The van der Waals surface area contributed by atoms with Gasteiger partial charge in [-0.2, -0.15) is 0 Å². The van der Waals surface area contributed by atoms with Gasteiger partial charge < -0.3 is 9.47 Å². The van der Waals surface area contributed by atoms with Crippen molar-refractivity contribution in [3.05, 3.63) is 101 Å². The van der Waals surface area contributed by atoms with Gasteiger partial charge in [0.15, 0.2) is 0 Å². The van der Waals surface area contributed by atoms with Crippen molar-refractivity contribution in [1.29, 1.82) is 0 Å².